The number of benzene rings is 1. The third-order valence-corrected chi connectivity index (χ3v) is 4.11. The van der Waals surface area contributed by atoms with Crippen LogP contribution in [-0.4, -0.2) is 24.4 Å². The lowest BCUT2D eigenvalue weighted by atomic mass is 10.00. The minimum atomic E-state index is -0.217. The summed E-state index contributed by atoms with van der Waals surface area (Å²) in [4.78, 5) is 22.7. The van der Waals surface area contributed by atoms with Crippen molar-refractivity contribution >= 4 is 11.8 Å². The highest BCUT2D eigenvalue weighted by Gasteiger charge is 2.28. The van der Waals surface area contributed by atoms with E-state index in [-0.39, 0.29) is 17.9 Å². The number of nitrogens with one attached hydrogen (secondary N) is 2. The number of fused-ring (bicyclic) bond motifs is 1. The van der Waals surface area contributed by atoms with Crippen LogP contribution in [0.25, 0.3) is 0 Å². The normalized spacial score (nSPS) is 26.1. The van der Waals surface area contributed by atoms with Crippen LogP contribution >= 0.6 is 0 Å². The summed E-state index contributed by atoms with van der Waals surface area (Å²) < 4.78 is 0. The topological polar surface area (TPSA) is 58.2 Å². The van der Waals surface area contributed by atoms with Gasteiger partial charge in [-0.2, -0.15) is 0 Å². The Balaban J connectivity index is 1.59. The minimum Gasteiger partial charge on any atom is -0.305 e. The molecule has 1 unspecified atom stereocenters. The predicted octanol–water partition coefficient (Wildman–Crippen LogP) is 1.11. The van der Waals surface area contributed by atoms with Gasteiger partial charge in [-0.1, -0.05) is 24.3 Å². The molecule has 2 N–H and O–H groups in total. The van der Waals surface area contributed by atoms with Gasteiger partial charge in [0.1, 0.15) is 0 Å². The lowest BCUT2D eigenvalue weighted by Crippen LogP contribution is -2.51. The molecule has 1 aliphatic carbocycles. The van der Waals surface area contributed by atoms with E-state index in [9.17, 15) is 9.59 Å². The molecular weight excluding hydrogens is 240 g/mol. The van der Waals surface area contributed by atoms with E-state index in [1.54, 1.807) is 0 Å². The lowest BCUT2D eigenvalue weighted by Gasteiger charge is -2.23. The van der Waals surface area contributed by atoms with Gasteiger partial charge in [-0.05, 0) is 36.3 Å². The Kier molecular flexibility index (Phi) is 3.34. The Hall–Kier alpha value is -1.68. The molecule has 0 radical (unpaired) electrons. The summed E-state index contributed by atoms with van der Waals surface area (Å²) in [5.41, 5.74) is 2.83. The van der Waals surface area contributed by atoms with Gasteiger partial charge < -0.3 is 5.32 Å². The summed E-state index contributed by atoms with van der Waals surface area (Å²) in [6.45, 7) is 0.809. The van der Waals surface area contributed by atoms with Crippen molar-refractivity contribution in [1.29, 1.82) is 0 Å². The fourth-order valence-electron chi connectivity index (χ4n) is 3.03. The van der Waals surface area contributed by atoms with E-state index in [2.05, 4.69) is 34.9 Å². The average Bonchev–Trinajstić information content (AvgIpc) is 2.81. The maximum absolute atomic E-state index is 11.7. The zero-order chi connectivity index (χ0) is 13.2. The Morgan fingerprint density at radius 2 is 2.00 bits per heavy atom. The molecule has 1 aliphatic heterocycles. The molecule has 1 aromatic carbocycles. The Morgan fingerprint density at radius 3 is 2.84 bits per heavy atom. The first kappa shape index (κ1) is 12.4. The third-order valence-electron chi connectivity index (χ3n) is 4.11. The van der Waals surface area contributed by atoms with Gasteiger partial charge in [-0.25, -0.2) is 0 Å². The number of rotatable bonds is 3. The number of carbonyl (C=O) groups excluding carboxylic acids is 2. The number of carbonyl (C=O) groups is 2. The smallest absolute Gasteiger partial charge is 0.243 e. The Morgan fingerprint density at radius 1 is 1.16 bits per heavy atom. The molecule has 2 amide bonds. The number of hydrogen-bond acceptors (Lipinski definition) is 3. The number of hydrogen-bond donors (Lipinski definition) is 2. The highest BCUT2D eigenvalue weighted by molar-refractivity contribution is 6.00. The summed E-state index contributed by atoms with van der Waals surface area (Å²) in [5, 5.41) is 5.69. The van der Waals surface area contributed by atoms with Crippen LogP contribution in [0.1, 0.15) is 36.3 Å². The molecule has 1 fully saturated rings. The van der Waals surface area contributed by atoms with E-state index in [1.165, 1.54) is 11.1 Å². The molecule has 2 atom stereocenters. The van der Waals surface area contributed by atoms with Crippen molar-refractivity contribution in [3.8, 4) is 0 Å². The van der Waals surface area contributed by atoms with E-state index in [4.69, 9.17) is 0 Å². The Labute approximate surface area is 112 Å². The molecule has 1 saturated heterocycles. The summed E-state index contributed by atoms with van der Waals surface area (Å²) in [6.07, 6.45) is 3.31. The van der Waals surface area contributed by atoms with Gasteiger partial charge in [0.05, 0.1) is 6.04 Å². The van der Waals surface area contributed by atoms with Crippen LogP contribution in [0.15, 0.2) is 24.3 Å². The highest BCUT2D eigenvalue weighted by Crippen LogP contribution is 2.32. The number of aryl methyl sites for hydroxylation is 1. The second-order valence-corrected chi connectivity index (χ2v) is 5.35. The zero-order valence-corrected chi connectivity index (χ0v) is 10.8. The molecule has 0 spiro atoms. The van der Waals surface area contributed by atoms with Crippen molar-refractivity contribution in [2.24, 2.45) is 0 Å². The van der Waals surface area contributed by atoms with Gasteiger partial charge in [0.25, 0.3) is 0 Å². The summed E-state index contributed by atoms with van der Waals surface area (Å²) in [6, 6.07) is 8.30. The highest BCUT2D eigenvalue weighted by atomic mass is 16.2. The van der Waals surface area contributed by atoms with Crippen molar-refractivity contribution in [3.63, 3.8) is 0 Å². The van der Waals surface area contributed by atoms with Crippen LogP contribution < -0.4 is 10.6 Å². The fraction of sp³-hybridized carbons (Fsp3) is 0.467. The maximum atomic E-state index is 11.7. The van der Waals surface area contributed by atoms with Crippen molar-refractivity contribution in [3.05, 3.63) is 35.4 Å². The molecule has 2 aliphatic rings. The second-order valence-electron chi connectivity index (χ2n) is 5.35. The summed E-state index contributed by atoms with van der Waals surface area (Å²) >= 11 is 0. The molecule has 19 heavy (non-hydrogen) atoms. The van der Waals surface area contributed by atoms with Gasteiger partial charge in [0.2, 0.25) is 11.8 Å². The van der Waals surface area contributed by atoms with Crippen LogP contribution in [0.3, 0.4) is 0 Å². The second kappa shape index (κ2) is 5.13. The monoisotopic (exact) mass is 258 g/mol. The molecule has 4 nitrogen and oxygen atoms in total. The molecule has 0 saturated carbocycles. The van der Waals surface area contributed by atoms with Crippen molar-refractivity contribution in [2.45, 2.75) is 37.6 Å². The van der Waals surface area contributed by atoms with Gasteiger partial charge in [-0.3, -0.25) is 14.9 Å². The van der Waals surface area contributed by atoms with Crippen molar-refractivity contribution in [1.82, 2.24) is 10.6 Å². The Bertz CT molecular complexity index is 513. The molecule has 3 rings (SSSR count). The van der Waals surface area contributed by atoms with E-state index in [0.717, 1.165) is 19.4 Å². The van der Waals surface area contributed by atoms with Gasteiger partial charge >= 0.3 is 0 Å². The number of piperidine rings is 1. The first-order chi connectivity index (χ1) is 9.24. The van der Waals surface area contributed by atoms with Crippen LogP contribution in [-0.2, 0) is 16.0 Å². The first-order valence-corrected chi connectivity index (χ1v) is 6.89. The lowest BCUT2D eigenvalue weighted by molar-refractivity contribution is -0.134. The molecule has 4 heteroatoms. The zero-order valence-electron chi connectivity index (χ0n) is 10.8. The van der Waals surface area contributed by atoms with Gasteiger partial charge in [0, 0.05) is 13.0 Å². The van der Waals surface area contributed by atoms with Crippen LogP contribution in [0.2, 0.25) is 0 Å². The standard InChI is InChI=1S/C15H18N2O2/c18-14-8-7-13(15(19)17-14)16-9-11-6-5-10-3-1-2-4-12(10)11/h1-4,11,13,16H,5-9H2,(H,17,18,19)/t11?,13-/m0/s1. The molecule has 1 aromatic rings. The predicted molar refractivity (Wildman–Crippen MR) is 71.7 cm³/mol. The molecular formula is C15H18N2O2. The van der Waals surface area contributed by atoms with Gasteiger partial charge in [0.15, 0.2) is 0 Å². The third kappa shape index (κ3) is 2.54. The van der Waals surface area contributed by atoms with Crippen molar-refractivity contribution in [2.75, 3.05) is 6.54 Å². The minimum absolute atomic E-state index is 0.158. The van der Waals surface area contributed by atoms with E-state index in [1.807, 2.05) is 0 Å². The average molecular weight is 258 g/mol. The SMILES string of the molecule is O=C1CC[C@H](NCC2CCc3ccccc32)C(=O)N1. The largest absolute Gasteiger partial charge is 0.305 e. The molecule has 1 heterocycles. The fourth-order valence-corrected chi connectivity index (χ4v) is 3.03. The maximum Gasteiger partial charge on any atom is 0.243 e. The van der Waals surface area contributed by atoms with E-state index in [0.29, 0.717) is 18.8 Å². The summed E-state index contributed by atoms with van der Waals surface area (Å²) in [7, 11) is 0. The van der Waals surface area contributed by atoms with Crippen LogP contribution in [0, 0.1) is 0 Å². The van der Waals surface area contributed by atoms with Crippen LogP contribution in [0.5, 0.6) is 0 Å². The first-order valence-electron chi connectivity index (χ1n) is 6.89. The van der Waals surface area contributed by atoms with E-state index < -0.39 is 0 Å². The van der Waals surface area contributed by atoms with Gasteiger partial charge in [-0.15, -0.1) is 0 Å². The molecule has 0 aromatic heterocycles. The summed E-state index contributed by atoms with van der Waals surface area (Å²) in [5.74, 6) is 0.151. The number of amides is 2. The van der Waals surface area contributed by atoms with Crippen molar-refractivity contribution < 1.29 is 9.59 Å². The number of imide groups is 1. The van der Waals surface area contributed by atoms with E-state index >= 15 is 0 Å². The quantitative estimate of drug-likeness (QED) is 0.799. The van der Waals surface area contributed by atoms with Crippen LogP contribution in [0.4, 0.5) is 0 Å². The molecule has 100 valence electrons. The molecule has 0 bridgehead atoms.